The zero-order valence-electron chi connectivity index (χ0n) is 12.0. The Morgan fingerprint density at radius 2 is 1.95 bits per heavy atom. The lowest BCUT2D eigenvalue weighted by molar-refractivity contribution is -0.141. The van der Waals surface area contributed by atoms with Crippen molar-refractivity contribution in [1.29, 1.82) is 0 Å². The van der Waals surface area contributed by atoms with Gasteiger partial charge in [0.25, 0.3) is 0 Å². The summed E-state index contributed by atoms with van der Waals surface area (Å²) in [6, 6.07) is 10.1. The van der Waals surface area contributed by atoms with Crippen LogP contribution in [0.1, 0.15) is 18.9 Å². The topological polar surface area (TPSA) is 46.6 Å². The summed E-state index contributed by atoms with van der Waals surface area (Å²) < 4.78 is 4.58. The van der Waals surface area contributed by atoms with E-state index in [2.05, 4.69) is 4.74 Å². The minimum absolute atomic E-state index is 0.0670. The predicted molar refractivity (Wildman–Crippen MR) is 81.5 cm³/mol. The Hall–Kier alpha value is -1.49. The first-order valence-corrected chi connectivity index (χ1v) is 7.79. The summed E-state index contributed by atoms with van der Waals surface area (Å²) in [4.78, 5) is 24.8. The van der Waals surface area contributed by atoms with E-state index in [1.54, 1.807) is 16.7 Å². The summed E-state index contributed by atoms with van der Waals surface area (Å²) in [7, 11) is 1.36. The van der Waals surface area contributed by atoms with Crippen molar-refractivity contribution in [3.63, 3.8) is 0 Å². The number of esters is 1. The highest BCUT2D eigenvalue weighted by Crippen LogP contribution is 2.12. The van der Waals surface area contributed by atoms with E-state index in [1.165, 1.54) is 12.7 Å². The molecule has 1 rings (SSSR count). The van der Waals surface area contributed by atoms with Crippen LogP contribution >= 0.6 is 11.8 Å². The average molecular weight is 295 g/mol. The Balaban J connectivity index is 2.30. The van der Waals surface area contributed by atoms with Crippen LogP contribution in [0, 0.1) is 0 Å². The highest BCUT2D eigenvalue weighted by atomic mass is 32.2. The maximum Gasteiger partial charge on any atom is 0.307 e. The minimum atomic E-state index is -0.284. The second-order valence-electron chi connectivity index (χ2n) is 4.28. The fourth-order valence-corrected chi connectivity index (χ4v) is 2.60. The number of nitrogens with zero attached hydrogens (tertiary/aromatic N) is 1. The van der Waals surface area contributed by atoms with Gasteiger partial charge in [-0.15, -0.1) is 11.8 Å². The first kappa shape index (κ1) is 16.6. The second-order valence-corrected chi connectivity index (χ2v) is 5.26. The van der Waals surface area contributed by atoms with Crippen LogP contribution in [-0.4, -0.2) is 42.7 Å². The van der Waals surface area contributed by atoms with Gasteiger partial charge in [0, 0.05) is 18.8 Å². The molecule has 0 saturated heterocycles. The highest BCUT2D eigenvalue weighted by Gasteiger charge is 2.13. The van der Waals surface area contributed by atoms with Crippen molar-refractivity contribution in [3.8, 4) is 0 Å². The van der Waals surface area contributed by atoms with Crippen LogP contribution in [0.3, 0.4) is 0 Å². The van der Waals surface area contributed by atoms with E-state index in [-0.39, 0.29) is 18.3 Å². The van der Waals surface area contributed by atoms with Gasteiger partial charge in [0.15, 0.2) is 0 Å². The first-order chi connectivity index (χ1) is 9.67. The van der Waals surface area contributed by atoms with Crippen molar-refractivity contribution >= 4 is 23.6 Å². The third-order valence-electron chi connectivity index (χ3n) is 2.89. The van der Waals surface area contributed by atoms with Gasteiger partial charge in [-0.05, 0) is 12.5 Å². The van der Waals surface area contributed by atoms with Crippen LogP contribution in [0.5, 0.6) is 0 Å². The molecule has 0 spiro atoms. The summed E-state index contributed by atoms with van der Waals surface area (Å²) in [6.45, 7) is 2.95. The van der Waals surface area contributed by atoms with Gasteiger partial charge < -0.3 is 9.64 Å². The maximum absolute atomic E-state index is 12.0. The molecule has 4 nitrogen and oxygen atoms in total. The smallest absolute Gasteiger partial charge is 0.307 e. The van der Waals surface area contributed by atoms with Crippen LogP contribution in [0.4, 0.5) is 0 Å². The molecule has 1 amide bonds. The number of carbonyl (C=O) groups is 2. The number of ether oxygens (including phenoxy) is 1. The van der Waals surface area contributed by atoms with E-state index in [9.17, 15) is 9.59 Å². The van der Waals surface area contributed by atoms with Gasteiger partial charge in [-0.3, -0.25) is 9.59 Å². The van der Waals surface area contributed by atoms with Crippen LogP contribution in [0.25, 0.3) is 0 Å². The molecule has 1 aromatic carbocycles. The summed E-state index contributed by atoms with van der Waals surface area (Å²) in [5.41, 5.74) is 1.21. The van der Waals surface area contributed by atoms with Gasteiger partial charge in [0.05, 0.1) is 19.3 Å². The first-order valence-electron chi connectivity index (χ1n) is 6.63. The summed E-state index contributed by atoms with van der Waals surface area (Å²) in [6.07, 6.45) is 0.249. The van der Waals surface area contributed by atoms with Gasteiger partial charge >= 0.3 is 5.97 Å². The van der Waals surface area contributed by atoms with Gasteiger partial charge in [-0.25, -0.2) is 0 Å². The van der Waals surface area contributed by atoms with E-state index in [1.807, 2.05) is 37.3 Å². The third kappa shape index (κ3) is 6.10. The lowest BCUT2D eigenvalue weighted by atomic mass is 10.2. The van der Waals surface area contributed by atoms with Crippen molar-refractivity contribution in [2.24, 2.45) is 0 Å². The number of hydrogen-bond acceptors (Lipinski definition) is 4. The SMILES string of the molecule is CCN(CCC(=O)OC)C(=O)CSCc1ccccc1. The molecule has 0 aromatic heterocycles. The zero-order valence-corrected chi connectivity index (χ0v) is 12.8. The van der Waals surface area contributed by atoms with Gasteiger partial charge in [0.2, 0.25) is 5.91 Å². The standard InChI is InChI=1S/C15H21NO3S/c1-3-16(10-9-15(18)19-2)14(17)12-20-11-13-7-5-4-6-8-13/h4-8H,3,9-12H2,1-2H3. The summed E-state index contributed by atoms with van der Waals surface area (Å²) >= 11 is 1.59. The van der Waals surface area contributed by atoms with Crippen molar-refractivity contribution in [3.05, 3.63) is 35.9 Å². The fraction of sp³-hybridized carbons (Fsp3) is 0.467. The van der Waals surface area contributed by atoms with E-state index in [0.29, 0.717) is 18.8 Å². The fourth-order valence-electron chi connectivity index (χ4n) is 1.71. The molecule has 0 saturated carbocycles. The number of rotatable bonds is 8. The minimum Gasteiger partial charge on any atom is -0.469 e. The molecule has 5 heteroatoms. The second kappa shape index (κ2) is 9.42. The number of thioether (sulfide) groups is 1. The third-order valence-corrected chi connectivity index (χ3v) is 3.87. The Bertz CT molecular complexity index is 422. The van der Waals surface area contributed by atoms with Gasteiger partial charge in [-0.2, -0.15) is 0 Å². The molecule has 0 radical (unpaired) electrons. The number of methoxy groups -OCH3 is 1. The van der Waals surface area contributed by atoms with E-state index < -0.39 is 0 Å². The Kier molecular flexibility index (Phi) is 7.80. The Labute approximate surface area is 124 Å². The molecular weight excluding hydrogens is 274 g/mol. The van der Waals surface area contributed by atoms with Crippen LogP contribution < -0.4 is 0 Å². The summed E-state index contributed by atoms with van der Waals surface area (Å²) in [5.74, 6) is 1.04. The molecular formula is C15H21NO3S. The average Bonchev–Trinajstić information content (AvgIpc) is 2.48. The molecule has 0 aliphatic rings. The molecule has 0 aliphatic heterocycles. The molecule has 1 aromatic rings. The molecule has 0 aliphatic carbocycles. The molecule has 0 unspecified atom stereocenters. The largest absolute Gasteiger partial charge is 0.469 e. The van der Waals surface area contributed by atoms with Crippen LogP contribution in [0.2, 0.25) is 0 Å². The maximum atomic E-state index is 12.0. The van der Waals surface area contributed by atoms with Crippen molar-refractivity contribution in [1.82, 2.24) is 4.90 Å². The molecule has 0 N–H and O–H groups in total. The van der Waals surface area contributed by atoms with Crippen molar-refractivity contribution in [2.45, 2.75) is 19.1 Å². The van der Waals surface area contributed by atoms with E-state index >= 15 is 0 Å². The number of hydrogen-bond donors (Lipinski definition) is 0. The van der Waals surface area contributed by atoms with Gasteiger partial charge in [-0.1, -0.05) is 30.3 Å². The molecule has 0 bridgehead atoms. The van der Waals surface area contributed by atoms with Crippen molar-refractivity contribution in [2.75, 3.05) is 26.0 Å². The Morgan fingerprint density at radius 3 is 2.55 bits per heavy atom. The van der Waals surface area contributed by atoms with Crippen LogP contribution in [-0.2, 0) is 20.1 Å². The monoisotopic (exact) mass is 295 g/mol. The van der Waals surface area contributed by atoms with Crippen molar-refractivity contribution < 1.29 is 14.3 Å². The molecule has 0 heterocycles. The predicted octanol–water partition coefficient (Wildman–Crippen LogP) is 2.33. The number of carbonyl (C=O) groups excluding carboxylic acids is 2. The van der Waals surface area contributed by atoms with E-state index in [0.717, 1.165) is 5.75 Å². The Morgan fingerprint density at radius 1 is 1.25 bits per heavy atom. The molecule has 0 atom stereocenters. The quantitative estimate of drug-likeness (QED) is 0.691. The molecule has 110 valence electrons. The normalized spacial score (nSPS) is 10.1. The van der Waals surface area contributed by atoms with Crippen LogP contribution in [0.15, 0.2) is 30.3 Å². The summed E-state index contributed by atoms with van der Waals surface area (Å²) in [5, 5.41) is 0. The lowest BCUT2D eigenvalue weighted by Crippen LogP contribution is -2.34. The van der Waals surface area contributed by atoms with E-state index in [4.69, 9.17) is 0 Å². The van der Waals surface area contributed by atoms with Gasteiger partial charge in [0.1, 0.15) is 0 Å². The number of benzene rings is 1. The lowest BCUT2D eigenvalue weighted by Gasteiger charge is -2.20. The molecule has 20 heavy (non-hydrogen) atoms. The zero-order chi connectivity index (χ0) is 14.8. The molecule has 0 fully saturated rings. The number of amides is 1. The highest BCUT2D eigenvalue weighted by molar-refractivity contribution is 7.99.